The minimum atomic E-state index is 0. The summed E-state index contributed by atoms with van der Waals surface area (Å²) in [4.78, 5) is 16.5. The molecule has 0 saturated heterocycles. The number of ether oxygens (including phenoxy) is 2. The van der Waals surface area contributed by atoms with Crippen LogP contribution in [0.4, 0.5) is 5.69 Å². The Bertz CT molecular complexity index is 868. The van der Waals surface area contributed by atoms with Crippen LogP contribution in [0.2, 0.25) is 0 Å². The first-order chi connectivity index (χ1) is 14.1. The van der Waals surface area contributed by atoms with Gasteiger partial charge in [-0.15, -0.1) is 24.0 Å². The number of nitrogens with zero attached hydrogens (tertiary/aromatic N) is 2. The van der Waals surface area contributed by atoms with E-state index in [1.54, 1.807) is 23.8 Å². The topological polar surface area (TPSA) is 76.9 Å². The summed E-state index contributed by atoms with van der Waals surface area (Å²) in [5.41, 5.74) is 1.91. The molecule has 7 nitrogen and oxygen atoms in total. The predicted molar refractivity (Wildman–Crippen MR) is 134 cm³/mol. The lowest BCUT2D eigenvalue weighted by molar-refractivity contribution is 0.311. The maximum Gasteiger partial charge on any atom is 0.250 e. The quantitative estimate of drug-likeness (QED) is 0.211. The molecule has 0 spiro atoms. The standard InChI is InChI=1S/C22H32N4O3.HI/c1-5-23-22(25-18-12-13-19(29-6-2)20(16-18)28-4)24-14-7-8-15-26-17(3)10-9-11-21(26)27;/h9-13,16H,5-8,14-15H2,1-4H3,(H2,23,24,25);1H. The van der Waals surface area contributed by atoms with Crippen molar-refractivity contribution in [3.8, 4) is 11.5 Å². The van der Waals surface area contributed by atoms with Crippen LogP contribution in [-0.2, 0) is 6.54 Å². The fraction of sp³-hybridized carbons (Fsp3) is 0.455. The van der Waals surface area contributed by atoms with Crippen molar-refractivity contribution in [2.24, 2.45) is 4.99 Å². The smallest absolute Gasteiger partial charge is 0.250 e. The van der Waals surface area contributed by atoms with Crippen molar-refractivity contribution in [1.82, 2.24) is 9.88 Å². The molecule has 0 bridgehead atoms. The van der Waals surface area contributed by atoms with Gasteiger partial charge in [-0.05, 0) is 51.8 Å². The van der Waals surface area contributed by atoms with Gasteiger partial charge in [-0.25, -0.2) is 0 Å². The van der Waals surface area contributed by atoms with Gasteiger partial charge >= 0.3 is 0 Å². The summed E-state index contributed by atoms with van der Waals surface area (Å²) in [7, 11) is 1.63. The van der Waals surface area contributed by atoms with Gasteiger partial charge in [-0.2, -0.15) is 0 Å². The molecule has 0 amide bonds. The van der Waals surface area contributed by atoms with E-state index in [1.165, 1.54) is 0 Å². The number of hydrogen-bond acceptors (Lipinski definition) is 4. The second-order valence-electron chi connectivity index (χ2n) is 6.55. The zero-order valence-corrected chi connectivity index (χ0v) is 20.6. The maximum atomic E-state index is 11.9. The minimum Gasteiger partial charge on any atom is -0.493 e. The first-order valence-electron chi connectivity index (χ1n) is 10.1. The van der Waals surface area contributed by atoms with Crippen LogP contribution in [0.3, 0.4) is 0 Å². The monoisotopic (exact) mass is 528 g/mol. The Balaban J connectivity index is 0.00000450. The summed E-state index contributed by atoms with van der Waals surface area (Å²) in [6.07, 6.45) is 1.79. The van der Waals surface area contributed by atoms with E-state index in [1.807, 2.05) is 45.0 Å². The number of aryl methyl sites for hydroxylation is 1. The van der Waals surface area contributed by atoms with Crippen molar-refractivity contribution in [1.29, 1.82) is 0 Å². The summed E-state index contributed by atoms with van der Waals surface area (Å²) in [6.45, 7) is 8.65. The largest absolute Gasteiger partial charge is 0.493 e. The fourth-order valence-corrected chi connectivity index (χ4v) is 2.95. The Morgan fingerprint density at radius 1 is 1.13 bits per heavy atom. The Kier molecular flexibility index (Phi) is 12.0. The lowest BCUT2D eigenvalue weighted by Gasteiger charge is -2.14. The first-order valence-corrected chi connectivity index (χ1v) is 10.1. The van der Waals surface area contributed by atoms with Gasteiger partial charge in [0.05, 0.1) is 13.7 Å². The van der Waals surface area contributed by atoms with E-state index in [0.29, 0.717) is 37.2 Å². The SMILES string of the molecule is CCNC(=NCCCCn1c(C)cccc1=O)Nc1ccc(OCC)c(OC)c1.I. The molecule has 0 aliphatic carbocycles. The van der Waals surface area contributed by atoms with Gasteiger partial charge in [0, 0.05) is 43.1 Å². The van der Waals surface area contributed by atoms with Crippen LogP contribution in [0.5, 0.6) is 11.5 Å². The van der Waals surface area contributed by atoms with E-state index < -0.39 is 0 Å². The Hall–Kier alpha value is -2.23. The third-order valence-electron chi connectivity index (χ3n) is 4.40. The number of pyridine rings is 1. The van der Waals surface area contributed by atoms with Crippen molar-refractivity contribution >= 4 is 35.6 Å². The van der Waals surface area contributed by atoms with Gasteiger partial charge in [-0.1, -0.05) is 6.07 Å². The van der Waals surface area contributed by atoms with E-state index in [9.17, 15) is 4.79 Å². The number of aromatic nitrogens is 1. The van der Waals surface area contributed by atoms with Crippen LogP contribution in [-0.4, -0.2) is 37.3 Å². The van der Waals surface area contributed by atoms with Crippen LogP contribution in [0.1, 0.15) is 32.4 Å². The molecule has 1 aromatic carbocycles. The Morgan fingerprint density at radius 2 is 1.93 bits per heavy atom. The number of benzene rings is 1. The first kappa shape index (κ1) is 25.8. The van der Waals surface area contributed by atoms with Gasteiger partial charge < -0.3 is 24.7 Å². The second kappa shape index (κ2) is 13.9. The molecule has 0 aliphatic heterocycles. The molecular formula is C22H33IN4O3. The minimum absolute atomic E-state index is 0. The molecule has 0 fully saturated rings. The molecule has 0 saturated carbocycles. The summed E-state index contributed by atoms with van der Waals surface area (Å²) >= 11 is 0. The Morgan fingerprint density at radius 3 is 2.60 bits per heavy atom. The van der Waals surface area contributed by atoms with Crippen molar-refractivity contribution in [3.63, 3.8) is 0 Å². The fourth-order valence-electron chi connectivity index (χ4n) is 2.95. The lowest BCUT2D eigenvalue weighted by Crippen LogP contribution is -2.30. The molecule has 0 atom stereocenters. The number of aliphatic imine (C=N–C) groups is 1. The summed E-state index contributed by atoms with van der Waals surface area (Å²) in [5.74, 6) is 2.11. The molecule has 0 aliphatic rings. The van der Waals surface area contributed by atoms with Crippen LogP contribution < -0.4 is 25.7 Å². The van der Waals surface area contributed by atoms with E-state index >= 15 is 0 Å². The highest BCUT2D eigenvalue weighted by molar-refractivity contribution is 14.0. The molecule has 8 heteroatoms. The van der Waals surface area contributed by atoms with E-state index in [2.05, 4.69) is 15.6 Å². The summed E-state index contributed by atoms with van der Waals surface area (Å²) in [5, 5.41) is 6.55. The third-order valence-corrected chi connectivity index (χ3v) is 4.40. The van der Waals surface area contributed by atoms with E-state index in [4.69, 9.17) is 9.47 Å². The molecule has 0 unspecified atom stereocenters. The van der Waals surface area contributed by atoms with Gasteiger partial charge in [0.2, 0.25) is 0 Å². The average molecular weight is 528 g/mol. The predicted octanol–water partition coefficient (Wildman–Crippen LogP) is 4.04. The molecule has 1 aromatic heterocycles. The number of halogens is 1. The van der Waals surface area contributed by atoms with Crippen molar-refractivity contribution in [2.75, 3.05) is 32.1 Å². The number of rotatable bonds is 10. The molecule has 1 heterocycles. The third kappa shape index (κ3) is 7.89. The zero-order valence-electron chi connectivity index (χ0n) is 18.2. The average Bonchev–Trinajstić information content (AvgIpc) is 2.71. The number of hydrogen-bond donors (Lipinski definition) is 2. The molecule has 2 rings (SSSR count). The second-order valence-corrected chi connectivity index (χ2v) is 6.55. The normalized spacial score (nSPS) is 10.9. The van der Waals surface area contributed by atoms with Gasteiger partial charge in [-0.3, -0.25) is 9.79 Å². The molecule has 2 N–H and O–H groups in total. The lowest BCUT2D eigenvalue weighted by atomic mass is 10.2. The summed E-state index contributed by atoms with van der Waals surface area (Å²) in [6, 6.07) is 11.1. The zero-order chi connectivity index (χ0) is 21.1. The number of methoxy groups -OCH3 is 1. The highest BCUT2D eigenvalue weighted by atomic mass is 127. The molecule has 166 valence electrons. The van der Waals surface area contributed by atoms with Crippen LogP contribution in [0.25, 0.3) is 0 Å². The van der Waals surface area contributed by atoms with Crippen molar-refractivity contribution < 1.29 is 9.47 Å². The van der Waals surface area contributed by atoms with Crippen molar-refractivity contribution in [3.05, 3.63) is 52.4 Å². The van der Waals surface area contributed by atoms with Gasteiger partial charge in [0.15, 0.2) is 17.5 Å². The Labute approximate surface area is 195 Å². The molecule has 2 aromatic rings. The number of nitrogens with one attached hydrogen (secondary N) is 2. The van der Waals surface area contributed by atoms with Crippen molar-refractivity contribution in [2.45, 2.75) is 40.2 Å². The van der Waals surface area contributed by atoms with E-state index in [-0.39, 0.29) is 29.5 Å². The van der Waals surface area contributed by atoms with Crippen LogP contribution >= 0.6 is 24.0 Å². The van der Waals surface area contributed by atoms with Crippen LogP contribution in [0.15, 0.2) is 46.2 Å². The number of unbranched alkanes of at least 4 members (excludes halogenated alkanes) is 1. The summed E-state index contributed by atoms with van der Waals surface area (Å²) < 4.78 is 12.8. The number of guanidine groups is 1. The molecular weight excluding hydrogens is 495 g/mol. The maximum absolute atomic E-state index is 11.9. The van der Waals surface area contributed by atoms with Gasteiger partial charge in [0.1, 0.15) is 0 Å². The molecule has 30 heavy (non-hydrogen) atoms. The molecule has 0 radical (unpaired) electrons. The van der Waals surface area contributed by atoms with Crippen LogP contribution in [0, 0.1) is 6.92 Å². The van der Waals surface area contributed by atoms with E-state index in [0.717, 1.165) is 30.8 Å². The highest BCUT2D eigenvalue weighted by Crippen LogP contribution is 2.30. The highest BCUT2D eigenvalue weighted by Gasteiger charge is 2.07. The number of anilines is 1. The van der Waals surface area contributed by atoms with Gasteiger partial charge in [0.25, 0.3) is 5.56 Å².